The Labute approximate surface area is 103 Å². The smallest absolute Gasteiger partial charge is 0.248 e. The molecular formula is C10H16N2O6. The molecule has 0 bridgehead atoms. The van der Waals surface area contributed by atoms with E-state index in [1.165, 1.54) is 13.1 Å². The Hall–Kier alpha value is -1.19. The van der Waals surface area contributed by atoms with E-state index in [4.69, 9.17) is 4.74 Å². The Bertz CT molecular complexity index is 375. The summed E-state index contributed by atoms with van der Waals surface area (Å²) in [5.41, 5.74) is -1.32. The molecule has 8 nitrogen and oxygen atoms in total. The van der Waals surface area contributed by atoms with Crippen LogP contribution in [0.5, 0.6) is 0 Å². The minimum Gasteiger partial charge on any atom is -0.393 e. The van der Waals surface area contributed by atoms with Crippen LogP contribution >= 0.6 is 0 Å². The van der Waals surface area contributed by atoms with E-state index >= 15 is 0 Å². The van der Waals surface area contributed by atoms with Gasteiger partial charge in [-0.3, -0.25) is 4.79 Å². The van der Waals surface area contributed by atoms with Crippen LogP contribution in [-0.4, -0.2) is 68.2 Å². The van der Waals surface area contributed by atoms with Gasteiger partial charge in [-0.05, 0) is 6.92 Å². The Morgan fingerprint density at radius 1 is 1.50 bits per heavy atom. The fraction of sp³-hybridized carbons (Fsp3) is 0.700. The molecule has 5 N–H and O–H groups in total. The zero-order chi connectivity index (χ0) is 13.5. The highest BCUT2D eigenvalue weighted by atomic mass is 16.6. The first-order chi connectivity index (χ1) is 8.39. The summed E-state index contributed by atoms with van der Waals surface area (Å²) in [4.78, 5) is 12.1. The van der Waals surface area contributed by atoms with Gasteiger partial charge in [0.25, 0.3) is 0 Å². The third kappa shape index (κ3) is 1.98. The predicted molar refractivity (Wildman–Crippen MR) is 57.5 cm³/mol. The standard InChI is InChI=1S/C10H16N2O6/c1-10(4-13)7(16)6(15)8(18-10)12-3-2-5(14)11-9(12)17/h2-3,6-9,13,15-17H,4H2,1H3,(H,11,14). The molecule has 0 radical (unpaired) electrons. The molecule has 1 fully saturated rings. The van der Waals surface area contributed by atoms with Crippen molar-refractivity contribution in [2.24, 2.45) is 0 Å². The Kier molecular flexibility index (Phi) is 3.30. The highest BCUT2D eigenvalue weighted by Crippen LogP contribution is 2.33. The average Bonchev–Trinajstić information content (AvgIpc) is 2.55. The molecule has 2 heterocycles. The molecule has 0 aromatic rings. The van der Waals surface area contributed by atoms with Crippen LogP contribution in [0.1, 0.15) is 6.92 Å². The van der Waals surface area contributed by atoms with Crippen molar-refractivity contribution >= 4 is 5.91 Å². The lowest BCUT2D eigenvalue weighted by atomic mass is 9.98. The zero-order valence-electron chi connectivity index (χ0n) is 9.72. The van der Waals surface area contributed by atoms with Gasteiger partial charge in [0.2, 0.25) is 12.3 Å². The number of nitrogens with zero attached hydrogens (tertiary/aromatic N) is 1. The maximum atomic E-state index is 11.0. The zero-order valence-corrected chi connectivity index (χ0v) is 9.72. The minimum atomic E-state index is -1.37. The lowest BCUT2D eigenvalue weighted by Crippen LogP contribution is -2.55. The van der Waals surface area contributed by atoms with Crippen molar-refractivity contribution in [3.8, 4) is 0 Å². The molecule has 8 heteroatoms. The summed E-state index contributed by atoms with van der Waals surface area (Å²) < 4.78 is 5.38. The predicted octanol–water partition coefficient (Wildman–Crippen LogP) is -2.96. The normalized spacial score (nSPS) is 44.3. The van der Waals surface area contributed by atoms with Gasteiger partial charge in [-0.1, -0.05) is 0 Å². The minimum absolute atomic E-state index is 0.475. The topological polar surface area (TPSA) is 122 Å². The Morgan fingerprint density at radius 3 is 2.67 bits per heavy atom. The van der Waals surface area contributed by atoms with Gasteiger partial charge < -0.3 is 35.4 Å². The van der Waals surface area contributed by atoms with Crippen LogP contribution in [0.4, 0.5) is 0 Å². The molecule has 18 heavy (non-hydrogen) atoms. The number of aliphatic hydroxyl groups excluding tert-OH is 4. The molecule has 0 aromatic heterocycles. The number of rotatable bonds is 2. The van der Waals surface area contributed by atoms with Crippen molar-refractivity contribution in [2.75, 3.05) is 6.61 Å². The fourth-order valence-corrected chi connectivity index (χ4v) is 2.01. The number of ether oxygens (including phenoxy) is 1. The highest BCUT2D eigenvalue weighted by Gasteiger charge is 2.53. The maximum Gasteiger partial charge on any atom is 0.248 e. The SMILES string of the molecule is CC1(CO)OC(N2C=CC(=O)NC2O)C(O)C1O. The Balaban J connectivity index is 2.20. The number of hydrogen-bond acceptors (Lipinski definition) is 7. The maximum absolute atomic E-state index is 11.0. The molecule has 1 amide bonds. The van der Waals surface area contributed by atoms with Crippen molar-refractivity contribution in [3.05, 3.63) is 12.3 Å². The number of hydrogen-bond donors (Lipinski definition) is 5. The summed E-state index contributed by atoms with van der Waals surface area (Å²) in [5, 5.41) is 40.7. The van der Waals surface area contributed by atoms with Gasteiger partial charge in [-0.15, -0.1) is 0 Å². The van der Waals surface area contributed by atoms with Crippen molar-refractivity contribution < 1.29 is 30.0 Å². The third-order valence-electron chi connectivity index (χ3n) is 3.19. The summed E-state index contributed by atoms with van der Waals surface area (Å²) in [5.74, 6) is -0.475. The molecule has 5 atom stereocenters. The molecule has 2 aliphatic heterocycles. The van der Waals surface area contributed by atoms with E-state index in [1.54, 1.807) is 0 Å². The number of carbonyl (C=O) groups is 1. The first-order valence-corrected chi connectivity index (χ1v) is 5.48. The number of amides is 1. The number of aliphatic hydroxyl groups is 4. The molecule has 102 valence electrons. The summed E-state index contributed by atoms with van der Waals surface area (Å²) in [6, 6.07) is 0. The van der Waals surface area contributed by atoms with Crippen LogP contribution in [-0.2, 0) is 9.53 Å². The summed E-state index contributed by atoms with van der Waals surface area (Å²) in [7, 11) is 0. The highest BCUT2D eigenvalue weighted by molar-refractivity contribution is 5.88. The second-order valence-electron chi connectivity index (χ2n) is 4.56. The molecule has 5 unspecified atom stereocenters. The second-order valence-corrected chi connectivity index (χ2v) is 4.56. The quantitative estimate of drug-likeness (QED) is 0.359. The van der Waals surface area contributed by atoms with Crippen LogP contribution in [0.25, 0.3) is 0 Å². The summed E-state index contributed by atoms with van der Waals surface area (Å²) >= 11 is 0. The van der Waals surface area contributed by atoms with E-state index in [2.05, 4.69) is 5.32 Å². The van der Waals surface area contributed by atoms with Crippen molar-refractivity contribution in [2.45, 2.75) is 37.3 Å². The van der Waals surface area contributed by atoms with Gasteiger partial charge >= 0.3 is 0 Å². The van der Waals surface area contributed by atoms with E-state index in [1.807, 2.05) is 0 Å². The van der Waals surface area contributed by atoms with Gasteiger partial charge in [-0.2, -0.15) is 0 Å². The lowest BCUT2D eigenvalue weighted by Gasteiger charge is -2.35. The van der Waals surface area contributed by atoms with Gasteiger partial charge in [0.1, 0.15) is 17.8 Å². The van der Waals surface area contributed by atoms with E-state index in [0.29, 0.717) is 0 Å². The van der Waals surface area contributed by atoms with Gasteiger partial charge in [0, 0.05) is 12.3 Å². The first-order valence-electron chi connectivity index (χ1n) is 5.48. The second kappa shape index (κ2) is 4.48. The van der Waals surface area contributed by atoms with Crippen LogP contribution in [0.15, 0.2) is 12.3 Å². The average molecular weight is 260 g/mol. The van der Waals surface area contributed by atoms with Crippen LogP contribution < -0.4 is 5.32 Å². The van der Waals surface area contributed by atoms with E-state index in [9.17, 15) is 25.2 Å². The number of carbonyl (C=O) groups excluding carboxylic acids is 1. The third-order valence-corrected chi connectivity index (χ3v) is 3.19. The van der Waals surface area contributed by atoms with Crippen molar-refractivity contribution in [1.82, 2.24) is 10.2 Å². The van der Waals surface area contributed by atoms with Crippen LogP contribution in [0.2, 0.25) is 0 Å². The molecule has 2 rings (SSSR count). The molecule has 0 spiro atoms. The lowest BCUT2D eigenvalue weighted by molar-refractivity contribution is -0.171. The fourth-order valence-electron chi connectivity index (χ4n) is 2.01. The van der Waals surface area contributed by atoms with E-state index in [0.717, 1.165) is 11.0 Å². The van der Waals surface area contributed by atoms with Crippen LogP contribution in [0.3, 0.4) is 0 Å². The van der Waals surface area contributed by atoms with Crippen LogP contribution in [0, 0.1) is 0 Å². The van der Waals surface area contributed by atoms with E-state index in [-0.39, 0.29) is 0 Å². The number of nitrogens with one attached hydrogen (secondary N) is 1. The first kappa shape index (κ1) is 13.2. The molecule has 0 aromatic carbocycles. The molecule has 1 saturated heterocycles. The van der Waals surface area contributed by atoms with Crippen molar-refractivity contribution in [3.63, 3.8) is 0 Å². The summed E-state index contributed by atoms with van der Waals surface area (Å²) in [6.45, 7) is 0.960. The largest absolute Gasteiger partial charge is 0.393 e. The monoisotopic (exact) mass is 260 g/mol. The molecular weight excluding hydrogens is 244 g/mol. The Morgan fingerprint density at radius 2 is 2.17 bits per heavy atom. The van der Waals surface area contributed by atoms with Crippen molar-refractivity contribution in [1.29, 1.82) is 0 Å². The van der Waals surface area contributed by atoms with Gasteiger partial charge in [0.05, 0.1) is 6.61 Å². The molecule has 0 saturated carbocycles. The molecule has 2 aliphatic rings. The van der Waals surface area contributed by atoms with Gasteiger partial charge in [-0.25, -0.2) is 0 Å². The molecule has 0 aliphatic carbocycles. The van der Waals surface area contributed by atoms with E-state index < -0.39 is 42.9 Å². The van der Waals surface area contributed by atoms with Gasteiger partial charge in [0.15, 0.2) is 6.23 Å². The summed E-state index contributed by atoms with van der Waals surface area (Å²) in [6.07, 6.45) is -2.64.